The molecule has 2 heteroatoms. The molecule has 0 atom stereocenters. The molecule has 0 amide bonds. The summed E-state index contributed by atoms with van der Waals surface area (Å²) in [6.45, 7) is 7.28. The van der Waals surface area contributed by atoms with Crippen LogP contribution in [0.1, 0.15) is 36.6 Å². The molecule has 1 aromatic carbocycles. The summed E-state index contributed by atoms with van der Waals surface area (Å²) in [5, 5.41) is 1.34. The molecule has 2 rings (SSSR count). The smallest absolute Gasteiger partial charge is 0.0459 e. The van der Waals surface area contributed by atoms with Gasteiger partial charge in [-0.05, 0) is 49.1 Å². The number of aromatic nitrogens is 1. The summed E-state index contributed by atoms with van der Waals surface area (Å²) in [5.74, 6) is 0.574. The first kappa shape index (κ1) is 11.2. The highest BCUT2D eigenvalue weighted by Gasteiger charge is 2.09. The zero-order chi connectivity index (χ0) is 11.7. The molecule has 0 aliphatic carbocycles. The van der Waals surface area contributed by atoms with Crippen molar-refractivity contribution in [2.45, 2.75) is 33.1 Å². The summed E-state index contributed by atoms with van der Waals surface area (Å²) in [6.07, 6.45) is 0.952. The average Bonchev–Trinajstić information content (AvgIpc) is 2.55. The van der Waals surface area contributed by atoms with Crippen LogP contribution in [-0.4, -0.2) is 11.5 Å². The Hall–Kier alpha value is -1.28. The summed E-state index contributed by atoms with van der Waals surface area (Å²) in [4.78, 5) is 3.42. The molecule has 0 aliphatic rings. The van der Waals surface area contributed by atoms with Gasteiger partial charge in [0.15, 0.2) is 0 Å². The summed E-state index contributed by atoms with van der Waals surface area (Å²) in [7, 11) is 0. The minimum Gasteiger partial charge on any atom is -0.358 e. The van der Waals surface area contributed by atoms with Crippen molar-refractivity contribution in [2.24, 2.45) is 5.73 Å². The van der Waals surface area contributed by atoms with Gasteiger partial charge in [0.25, 0.3) is 0 Å². The molecule has 3 N–H and O–H groups in total. The van der Waals surface area contributed by atoms with Gasteiger partial charge in [-0.2, -0.15) is 0 Å². The molecular weight excluding hydrogens is 196 g/mol. The number of rotatable bonds is 3. The van der Waals surface area contributed by atoms with Crippen LogP contribution in [0.25, 0.3) is 10.9 Å². The van der Waals surface area contributed by atoms with Crippen LogP contribution in [0.4, 0.5) is 0 Å². The lowest BCUT2D eigenvalue weighted by atomic mass is 9.99. The number of nitrogens with two attached hydrogens (primary N) is 1. The second-order valence-electron chi connectivity index (χ2n) is 4.73. The normalized spacial score (nSPS) is 11.6. The Bertz CT molecular complexity index is 495. The first-order valence-electron chi connectivity index (χ1n) is 5.94. The minimum atomic E-state index is 0.574. The van der Waals surface area contributed by atoms with E-state index >= 15 is 0 Å². The fourth-order valence-corrected chi connectivity index (χ4v) is 2.23. The van der Waals surface area contributed by atoms with E-state index in [0.29, 0.717) is 12.5 Å². The number of aryl methyl sites for hydroxylation is 1. The molecule has 0 radical (unpaired) electrons. The molecule has 0 fully saturated rings. The number of aromatic amines is 1. The third-order valence-electron chi connectivity index (χ3n) is 3.20. The van der Waals surface area contributed by atoms with Gasteiger partial charge in [0.05, 0.1) is 0 Å². The van der Waals surface area contributed by atoms with Gasteiger partial charge in [0.1, 0.15) is 0 Å². The van der Waals surface area contributed by atoms with E-state index in [-0.39, 0.29) is 0 Å². The van der Waals surface area contributed by atoms with Crippen LogP contribution in [-0.2, 0) is 6.42 Å². The fourth-order valence-electron chi connectivity index (χ4n) is 2.23. The molecule has 16 heavy (non-hydrogen) atoms. The Morgan fingerprint density at radius 1 is 1.31 bits per heavy atom. The van der Waals surface area contributed by atoms with Crippen molar-refractivity contribution in [3.63, 3.8) is 0 Å². The monoisotopic (exact) mass is 216 g/mol. The van der Waals surface area contributed by atoms with Crippen LogP contribution in [0.3, 0.4) is 0 Å². The van der Waals surface area contributed by atoms with Crippen molar-refractivity contribution >= 4 is 10.9 Å². The van der Waals surface area contributed by atoms with E-state index < -0.39 is 0 Å². The maximum Gasteiger partial charge on any atom is 0.0459 e. The molecule has 2 nitrogen and oxygen atoms in total. The molecule has 0 saturated carbocycles. The standard InChI is InChI=1S/C14H20N2/c1-9(2)11-4-5-14-13(8-11)12(6-7-15)10(3)16-14/h4-5,8-9,16H,6-7,15H2,1-3H3. The lowest BCUT2D eigenvalue weighted by molar-refractivity contribution is 0.868. The van der Waals surface area contributed by atoms with E-state index in [1.54, 1.807) is 0 Å². The number of benzene rings is 1. The van der Waals surface area contributed by atoms with Crippen molar-refractivity contribution in [3.8, 4) is 0 Å². The van der Waals surface area contributed by atoms with Gasteiger partial charge in [-0.1, -0.05) is 19.9 Å². The van der Waals surface area contributed by atoms with Gasteiger partial charge < -0.3 is 10.7 Å². The van der Waals surface area contributed by atoms with E-state index in [0.717, 1.165) is 6.42 Å². The van der Waals surface area contributed by atoms with Crippen LogP contribution in [0, 0.1) is 6.92 Å². The van der Waals surface area contributed by atoms with Crippen molar-refractivity contribution < 1.29 is 0 Å². The highest BCUT2D eigenvalue weighted by molar-refractivity contribution is 5.85. The number of fused-ring (bicyclic) bond motifs is 1. The number of hydrogen-bond acceptors (Lipinski definition) is 1. The van der Waals surface area contributed by atoms with Crippen molar-refractivity contribution in [2.75, 3.05) is 6.54 Å². The highest BCUT2D eigenvalue weighted by atomic mass is 14.7. The Balaban J connectivity index is 2.60. The SMILES string of the molecule is Cc1[nH]c2ccc(C(C)C)cc2c1CCN. The summed E-state index contributed by atoms with van der Waals surface area (Å²) >= 11 is 0. The summed E-state index contributed by atoms with van der Waals surface area (Å²) in [6, 6.07) is 6.68. The van der Waals surface area contributed by atoms with Crippen LogP contribution >= 0.6 is 0 Å². The Labute approximate surface area is 96.9 Å². The summed E-state index contributed by atoms with van der Waals surface area (Å²) in [5.41, 5.74) is 10.9. The van der Waals surface area contributed by atoms with Crippen molar-refractivity contribution in [1.82, 2.24) is 4.98 Å². The molecule has 2 aromatic rings. The molecule has 0 unspecified atom stereocenters. The van der Waals surface area contributed by atoms with E-state index in [4.69, 9.17) is 5.73 Å². The van der Waals surface area contributed by atoms with Gasteiger partial charge in [-0.3, -0.25) is 0 Å². The quantitative estimate of drug-likeness (QED) is 0.813. The minimum absolute atomic E-state index is 0.574. The Morgan fingerprint density at radius 3 is 2.69 bits per heavy atom. The maximum atomic E-state index is 5.66. The predicted molar refractivity (Wildman–Crippen MR) is 69.9 cm³/mol. The van der Waals surface area contributed by atoms with E-state index in [1.165, 1.54) is 27.7 Å². The van der Waals surface area contributed by atoms with E-state index in [2.05, 4.69) is 44.0 Å². The first-order valence-corrected chi connectivity index (χ1v) is 5.94. The van der Waals surface area contributed by atoms with Gasteiger partial charge in [0.2, 0.25) is 0 Å². The van der Waals surface area contributed by atoms with E-state index in [9.17, 15) is 0 Å². The fraction of sp³-hybridized carbons (Fsp3) is 0.429. The second-order valence-corrected chi connectivity index (χ2v) is 4.73. The van der Waals surface area contributed by atoms with Gasteiger partial charge in [-0.15, -0.1) is 0 Å². The molecular formula is C14H20N2. The van der Waals surface area contributed by atoms with Crippen LogP contribution in [0.15, 0.2) is 18.2 Å². The zero-order valence-corrected chi connectivity index (χ0v) is 10.3. The third kappa shape index (κ3) is 1.85. The largest absolute Gasteiger partial charge is 0.358 e. The Kier molecular flexibility index (Phi) is 3.01. The molecule has 0 saturated heterocycles. The molecule has 1 heterocycles. The number of nitrogens with one attached hydrogen (secondary N) is 1. The third-order valence-corrected chi connectivity index (χ3v) is 3.20. The topological polar surface area (TPSA) is 41.8 Å². The highest BCUT2D eigenvalue weighted by Crippen LogP contribution is 2.26. The maximum absolute atomic E-state index is 5.66. The number of hydrogen-bond donors (Lipinski definition) is 2. The zero-order valence-electron chi connectivity index (χ0n) is 10.3. The first-order chi connectivity index (χ1) is 7.63. The van der Waals surface area contributed by atoms with Gasteiger partial charge in [0, 0.05) is 16.6 Å². The predicted octanol–water partition coefficient (Wildman–Crippen LogP) is 3.10. The van der Waals surface area contributed by atoms with Crippen LogP contribution < -0.4 is 5.73 Å². The van der Waals surface area contributed by atoms with Crippen LogP contribution in [0.2, 0.25) is 0 Å². The number of H-pyrrole nitrogens is 1. The van der Waals surface area contributed by atoms with Gasteiger partial charge >= 0.3 is 0 Å². The lowest BCUT2D eigenvalue weighted by Gasteiger charge is -2.06. The Morgan fingerprint density at radius 2 is 2.06 bits per heavy atom. The van der Waals surface area contributed by atoms with Gasteiger partial charge in [-0.25, -0.2) is 0 Å². The van der Waals surface area contributed by atoms with Crippen molar-refractivity contribution in [3.05, 3.63) is 35.0 Å². The molecule has 86 valence electrons. The average molecular weight is 216 g/mol. The second kappa shape index (κ2) is 4.30. The molecule has 1 aromatic heterocycles. The summed E-state index contributed by atoms with van der Waals surface area (Å²) < 4.78 is 0. The van der Waals surface area contributed by atoms with E-state index in [1.807, 2.05) is 0 Å². The molecule has 0 aliphatic heterocycles. The molecule has 0 bridgehead atoms. The lowest BCUT2D eigenvalue weighted by Crippen LogP contribution is -2.03. The molecule has 0 spiro atoms. The van der Waals surface area contributed by atoms with Crippen molar-refractivity contribution in [1.29, 1.82) is 0 Å². The van der Waals surface area contributed by atoms with Crippen LogP contribution in [0.5, 0.6) is 0 Å².